The summed E-state index contributed by atoms with van der Waals surface area (Å²) in [6.07, 6.45) is -4.66. The molecule has 0 bridgehead atoms. The average molecular weight is 338 g/mol. The van der Waals surface area contributed by atoms with Gasteiger partial charge in [0.15, 0.2) is 0 Å². The minimum absolute atomic E-state index is 0.142. The van der Waals surface area contributed by atoms with Crippen LogP contribution in [0.1, 0.15) is 18.1 Å². The second kappa shape index (κ2) is 6.57. The fourth-order valence-corrected chi connectivity index (χ4v) is 1.93. The molecule has 0 fully saturated rings. The van der Waals surface area contributed by atoms with Gasteiger partial charge in [0, 0.05) is 11.8 Å². The molecule has 0 aromatic heterocycles. The maximum absolute atomic E-state index is 12.7. The van der Waals surface area contributed by atoms with Crippen molar-refractivity contribution in [2.45, 2.75) is 13.1 Å². The molecule has 0 aliphatic carbocycles. The summed E-state index contributed by atoms with van der Waals surface area (Å²) in [6, 6.07) is 8.97. The summed E-state index contributed by atoms with van der Waals surface area (Å²) in [5, 5.41) is 15.0. The molecule has 24 heavy (non-hydrogen) atoms. The lowest BCUT2D eigenvalue weighted by atomic mass is 10.1. The number of rotatable bonds is 4. The average Bonchev–Trinajstić information content (AvgIpc) is 2.51. The molecule has 2 aromatic carbocycles. The molecular formula is C15H13F3N4O2. The highest BCUT2D eigenvalue weighted by Crippen LogP contribution is 2.34. The lowest BCUT2D eigenvalue weighted by Gasteiger charge is -2.09. The van der Waals surface area contributed by atoms with Gasteiger partial charge in [0.05, 0.1) is 16.2 Å². The van der Waals surface area contributed by atoms with Crippen LogP contribution in [0.4, 0.5) is 30.2 Å². The first-order valence-electron chi connectivity index (χ1n) is 6.70. The zero-order valence-corrected chi connectivity index (χ0v) is 12.5. The molecule has 3 N–H and O–H groups in total. The van der Waals surface area contributed by atoms with Crippen LogP contribution in [0.25, 0.3) is 0 Å². The molecule has 0 aliphatic heterocycles. The smallest absolute Gasteiger partial charge is 0.399 e. The Balaban J connectivity index is 2.32. The Morgan fingerprint density at radius 2 is 1.96 bits per heavy atom. The van der Waals surface area contributed by atoms with Crippen LogP contribution in [-0.4, -0.2) is 10.6 Å². The molecule has 0 saturated heterocycles. The number of hydrogen-bond acceptors (Lipinski definition) is 5. The Hall–Kier alpha value is -3.10. The van der Waals surface area contributed by atoms with Gasteiger partial charge in [-0.25, -0.2) is 0 Å². The van der Waals surface area contributed by atoms with Gasteiger partial charge in [0.25, 0.3) is 5.69 Å². The Morgan fingerprint density at radius 3 is 2.54 bits per heavy atom. The van der Waals surface area contributed by atoms with Crippen LogP contribution in [0.2, 0.25) is 0 Å². The standard InChI is InChI=1S/C15H13F3N4O2/c1-9(10-3-2-4-12(19)7-10)20-21-13-6-5-11(15(16,17)18)8-14(13)22(23)24/h2-8,21H,19H2,1H3/b20-9-. The van der Waals surface area contributed by atoms with Gasteiger partial charge in [-0.15, -0.1) is 0 Å². The molecule has 2 rings (SSSR count). The van der Waals surface area contributed by atoms with Crippen LogP contribution >= 0.6 is 0 Å². The zero-order valence-electron chi connectivity index (χ0n) is 12.5. The molecule has 0 aliphatic rings. The van der Waals surface area contributed by atoms with Crippen LogP contribution in [0.3, 0.4) is 0 Å². The van der Waals surface area contributed by atoms with Crippen molar-refractivity contribution in [3.8, 4) is 0 Å². The molecule has 9 heteroatoms. The van der Waals surface area contributed by atoms with Gasteiger partial charge >= 0.3 is 6.18 Å². The molecule has 0 spiro atoms. The van der Waals surface area contributed by atoms with Gasteiger partial charge in [-0.3, -0.25) is 15.5 Å². The van der Waals surface area contributed by atoms with Crippen LogP contribution in [0.15, 0.2) is 47.6 Å². The van der Waals surface area contributed by atoms with E-state index in [0.29, 0.717) is 23.0 Å². The predicted octanol–water partition coefficient (Wildman–Crippen LogP) is 4.03. The first-order valence-corrected chi connectivity index (χ1v) is 6.70. The second-order valence-electron chi connectivity index (χ2n) is 4.92. The molecule has 126 valence electrons. The number of nitro groups is 1. The Kier molecular flexibility index (Phi) is 4.72. The van der Waals surface area contributed by atoms with Gasteiger partial charge in [-0.1, -0.05) is 12.1 Å². The first-order chi connectivity index (χ1) is 11.2. The molecule has 0 saturated carbocycles. The molecule has 0 heterocycles. The van der Waals surface area contributed by atoms with Crippen LogP contribution < -0.4 is 11.2 Å². The minimum atomic E-state index is -4.66. The highest BCUT2D eigenvalue weighted by molar-refractivity contribution is 5.99. The van der Waals surface area contributed by atoms with E-state index in [4.69, 9.17) is 5.73 Å². The second-order valence-corrected chi connectivity index (χ2v) is 4.92. The number of hydrogen-bond donors (Lipinski definition) is 2. The topological polar surface area (TPSA) is 93.5 Å². The molecule has 0 unspecified atom stereocenters. The van der Waals surface area contributed by atoms with Crippen molar-refractivity contribution in [1.82, 2.24) is 0 Å². The maximum atomic E-state index is 12.7. The quantitative estimate of drug-likeness (QED) is 0.381. The lowest BCUT2D eigenvalue weighted by Crippen LogP contribution is -2.07. The summed E-state index contributed by atoms with van der Waals surface area (Å²) in [5.74, 6) is 0. The number of halogens is 3. The van der Waals surface area contributed by atoms with Crippen molar-refractivity contribution in [1.29, 1.82) is 0 Å². The summed E-state index contributed by atoms with van der Waals surface area (Å²) in [5.41, 5.74) is 7.79. The SMILES string of the molecule is C/C(=N/Nc1ccc(C(F)(F)F)cc1[N+](=O)[O-])c1cccc(N)c1. The van der Waals surface area contributed by atoms with E-state index in [1.165, 1.54) is 0 Å². The highest BCUT2D eigenvalue weighted by atomic mass is 19.4. The van der Waals surface area contributed by atoms with Crippen LogP contribution in [0.5, 0.6) is 0 Å². The van der Waals surface area contributed by atoms with Gasteiger partial charge in [0.2, 0.25) is 0 Å². The van der Waals surface area contributed by atoms with Crippen LogP contribution in [-0.2, 0) is 6.18 Å². The van der Waals surface area contributed by atoms with Gasteiger partial charge in [-0.2, -0.15) is 18.3 Å². The van der Waals surface area contributed by atoms with Crippen molar-refractivity contribution >= 4 is 22.8 Å². The number of nitro benzene ring substituents is 1. The van der Waals surface area contributed by atoms with E-state index in [1.807, 2.05) is 0 Å². The van der Waals surface area contributed by atoms with Gasteiger partial charge < -0.3 is 5.73 Å². The summed E-state index contributed by atoms with van der Waals surface area (Å²) >= 11 is 0. The van der Waals surface area contributed by atoms with E-state index in [-0.39, 0.29) is 5.69 Å². The van der Waals surface area contributed by atoms with E-state index in [2.05, 4.69) is 10.5 Å². The number of nitrogen functional groups attached to an aromatic ring is 1. The van der Waals surface area contributed by atoms with Crippen LogP contribution in [0, 0.1) is 10.1 Å². The first kappa shape index (κ1) is 17.3. The number of hydrazone groups is 1. The number of benzene rings is 2. The van der Waals surface area contributed by atoms with E-state index >= 15 is 0 Å². The lowest BCUT2D eigenvalue weighted by molar-refractivity contribution is -0.384. The third-order valence-corrected chi connectivity index (χ3v) is 3.17. The molecular weight excluding hydrogens is 325 g/mol. The summed E-state index contributed by atoms with van der Waals surface area (Å²) in [7, 11) is 0. The number of alkyl halides is 3. The van der Waals surface area contributed by atoms with E-state index in [9.17, 15) is 23.3 Å². The third-order valence-electron chi connectivity index (χ3n) is 3.17. The molecule has 2 aromatic rings. The molecule has 0 atom stereocenters. The monoisotopic (exact) mass is 338 g/mol. The summed E-state index contributed by atoms with van der Waals surface area (Å²) in [6.45, 7) is 1.64. The summed E-state index contributed by atoms with van der Waals surface area (Å²) in [4.78, 5) is 10.1. The number of nitrogens with one attached hydrogen (secondary N) is 1. The molecule has 0 amide bonds. The van der Waals surface area contributed by atoms with Crippen molar-refractivity contribution in [2.75, 3.05) is 11.2 Å². The minimum Gasteiger partial charge on any atom is -0.399 e. The number of nitrogens with two attached hydrogens (primary N) is 1. The van der Waals surface area contributed by atoms with E-state index in [0.717, 1.165) is 12.1 Å². The molecule has 0 radical (unpaired) electrons. The Labute approximate surface area is 134 Å². The van der Waals surface area contributed by atoms with Crippen molar-refractivity contribution in [3.63, 3.8) is 0 Å². The maximum Gasteiger partial charge on any atom is 0.416 e. The van der Waals surface area contributed by atoms with Crippen molar-refractivity contribution in [3.05, 3.63) is 63.7 Å². The zero-order chi connectivity index (χ0) is 17.9. The third kappa shape index (κ3) is 4.00. The van der Waals surface area contributed by atoms with Gasteiger partial charge in [0.1, 0.15) is 5.69 Å². The van der Waals surface area contributed by atoms with Crippen molar-refractivity contribution < 1.29 is 18.1 Å². The predicted molar refractivity (Wildman–Crippen MR) is 84.8 cm³/mol. The Bertz CT molecular complexity index is 804. The number of anilines is 2. The van der Waals surface area contributed by atoms with Crippen molar-refractivity contribution in [2.24, 2.45) is 5.10 Å². The Morgan fingerprint density at radius 1 is 1.25 bits per heavy atom. The van der Waals surface area contributed by atoms with E-state index < -0.39 is 22.4 Å². The summed E-state index contributed by atoms with van der Waals surface area (Å²) < 4.78 is 38.0. The number of nitrogens with zero attached hydrogens (tertiary/aromatic N) is 2. The highest BCUT2D eigenvalue weighted by Gasteiger charge is 2.33. The molecule has 6 nitrogen and oxygen atoms in total. The largest absolute Gasteiger partial charge is 0.416 e. The fraction of sp³-hybridized carbons (Fsp3) is 0.133. The normalized spacial score (nSPS) is 12.1. The fourth-order valence-electron chi connectivity index (χ4n) is 1.93. The van der Waals surface area contributed by atoms with Gasteiger partial charge in [-0.05, 0) is 36.8 Å². The van der Waals surface area contributed by atoms with E-state index in [1.54, 1.807) is 31.2 Å².